The zero-order valence-corrected chi connectivity index (χ0v) is 12.6. The van der Waals surface area contributed by atoms with Crippen LogP contribution >= 0.6 is 0 Å². The Bertz CT molecular complexity index is 546. The summed E-state index contributed by atoms with van der Waals surface area (Å²) < 4.78 is 19.4. The molecule has 0 spiro atoms. The molecule has 1 aliphatic carbocycles. The molecule has 21 heavy (non-hydrogen) atoms. The van der Waals surface area contributed by atoms with Gasteiger partial charge < -0.3 is 21.0 Å². The molecule has 4 N–H and O–H groups in total. The van der Waals surface area contributed by atoms with Crippen LogP contribution in [0.3, 0.4) is 0 Å². The Morgan fingerprint density at radius 1 is 1.57 bits per heavy atom. The number of amidine groups is 1. The van der Waals surface area contributed by atoms with Gasteiger partial charge in [-0.1, -0.05) is 31.1 Å². The van der Waals surface area contributed by atoms with E-state index in [2.05, 4.69) is 24.3 Å². The van der Waals surface area contributed by atoms with E-state index in [4.69, 9.17) is 15.7 Å². The molecule has 116 valence electrons. The SMILES string of the molecule is COC1CC(NCc2ccc(/C(N)=N/O)cc2F)C1(C)C. The zero-order chi connectivity index (χ0) is 15.6. The maximum Gasteiger partial charge on any atom is 0.170 e. The molecular weight excluding hydrogens is 273 g/mol. The van der Waals surface area contributed by atoms with Crippen LogP contribution in [0.25, 0.3) is 0 Å². The number of ether oxygens (including phenoxy) is 1. The molecule has 0 aromatic heterocycles. The predicted molar refractivity (Wildman–Crippen MR) is 78.7 cm³/mol. The van der Waals surface area contributed by atoms with E-state index in [-0.39, 0.29) is 23.2 Å². The standard InChI is InChI=1S/C15H22FN3O2/c1-15(2)12(7-13(15)21-3)18-8-10-5-4-9(6-11(10)16)14(17)19-20/h4-6,12-13,18,20H,7-8H2,1-3H3,(H2,17,19). The molecule has 0 heterocycles. The van der Waals surface area contributed by atoms with Crippen LogP contribution in [-0.4, -0.2) is 30.3 Å². The van der Waals surface area contributed by atoms with Crippen LogP contribution in [0, 0.1) is 11.2 Å². The fraction of sp³-hybridized carbons (Fsp3) is 0.533. The Kier molecular flexibility index (Phi) is 4.49. The number of benzene rings is 1. The molecule has 0 amide bonds. The van der Waals surface area contributed by atoms with E-state index >= 15 is 0 Å². The van der Waals surface area contributed by atoms with Crippen LogP contribution in [0.1, 0.15) is 31.4 Å². The lowest BCUT2D eigenvalue weighted by Crippen LogP contribution is -2.60. The van der Waals surface area contributed by atoms with Gasteiger partial charge in [0.25, 0.3) is 0 Å². The molecule has 1 aliphatic rings. The monoisotopic (exact) mass is 295 g/mol. The molecule has 2 rings (SSSR count). The van der Waals surface area contributed by atoms with Crippen molar-refractivity contribution >= 4 is 5.84 Å². The highest BCUT2D eigenvalue weighted by Gasteiger charge is 2.48. The van der Waals surface area contributed by atoms with E-state index in [0.717, 1.165) is 6.42 Å². The maximum absolute atomic E-state index is 14.0. The van der Waals surface area contributed by atoms with Crippen molar-refractivity contribution in [1.29, 1.82) is 0 Å². The molecule has 0 radical (unpaired) electrons. The van der Waals surface area contributed by atoms with Gasteiger partial charge in [0.05, 0.1) is 6.10 Å². The third kappa shape index (κ3) is 3.01. The van der Waals surface area contributed by atoms with E-state index in [1.807, 2.05) is 0 Å². The number of nitrogens with one attached hydrogen (secondary N) is 1. The Morgan fingerprint density at radius 2 is 2.29 bits per heavy atom. The Hall–Kier alpha value is -1.66. The number of halogens is 1. The highest BCUT2D eigenvalue weighted by molar-refractivity contribution is 5.97. The average molecular weight is 295 g/mol. The van der Waals surface area contributed by atoms with Crippen LogP contribution in [-0.2, 0) is 11.3 Å². The molecule has 1 fully saturated rings. The number of oxime groups is 1. The lowest BCUT2D eigenvalue weighted by Gasteiger charge is -2.51. The Labute approximate surface area is 124 Å². The number of nitrogens with two attached hydrogens (primary N) is 1. The highest BCUT2D eigenvalue weighted by Crippen LogP contribution is 2.42. The summed E-state index contributed by atoms with van der Waals surface area (Å²) in [5.74, 6) is -0.469. The van der Waals surface area contributed by atoms with E-state index in [9.17, 15) is 4.39 Å². The molecule has 1 aromatic rings. The summed E-state index contributed by atoms with van der Waals surface area (Å²) in [4.78, 5) is 0. The number of rotatable bonds is 5. The number of hydrogen-bond donors (Lipinski definition) is 3. The summed E-state index contributed by atoms with van der Waals surface area (Å²) in [6.45, 7) is 4.72. The minimum atomic E-state index is -0.368. The van der Waals surface area contributed by atoms with Crippen molar-refractivity contribution in [3.63, 3.8) is 0 Å². The van der Waals surface area contributed by atoms with Gasteiger partial charge in [-0.05, 0) is 12.5 Å². The molecule has 6 heteroatoms. The van der Waals surface area contributed by atoms with Crippen LogP contribution in [0.15, 0.2) is 23.4 Å². The lowest BCUT2D eigenvalue weighted by atomic mass is 9.64. The average Bonchev–Trinajstić information content (AvgIpc) is 2.46. The van der Waals surface area contributed by atoms with Gasteiger partial charge in [0.15, 0.2) is 5.84 Å². The Morgan fingerprint density at radius 3 is 2.81 bits per heavy atom. The van der Waals surface area contributed by atoms with Gasteiger partial charge >= 0.3 is 0 Å². The van der Waals surface area contributed by atoms with Crippen molar-refractivity contribution in [2.24, 2.45) is 16.3 Å². The quantitative estimate of drug-likeness (QED) is 0.335. The van der Waals surface area contributed by atoms with Crippen LogP contribution < -0.4 is 11.1 Å². The van der Waals surface area contributed by atoms with E-state index in [1.165, 1.54) is 6.07 Å². The van der Waals surface area contributed by atoms with Gasteiger partial charge in [-0.3, -0.25) is 0 Å². The van der Waals surface area contributed by atoms with E-state index in [0.29, 0.717) is 23.7 Å². The summed E-state index contributed by atoms with van der Waals surface area (Å²) in [7, 11) is 1.72. The zero-order valence-electron chi connectivity index (χ0n) is 12.6. The van der Waals surface area contributed by atoms with Crippen LogP contribution in [0.5, 0.6) is 0 Å². The fourth-order valence-corrected chi connectivity index (χ4v) is 2.77. The number of nitrogens with zero attached hydrogens (tertiary/aromatic N) is 1. The normalized spacial score (nSPS) is 24.7. The number of hydrogen-bond acceptors (Lipinski definition) is 4. The second-order valence-corrected chi connectivity index (χ2v) is 6.01. The second-order valence-electron chi connectivity index (χ2n) is 6.01. The second kappa shape index (κ2) is 5.99. The molecule has 0 saturated heterocycles. The minimum absolute atomic E-state index is 0.0408. The van der Waals surface area contributed by atoms with Gasteiger partial charge in [0.1, 0.15) is 5.82 Å². The van der Waals surface area contributed by atoms with Crippen molar-refractivity contribution < 1.29 is 14.3 Å². The van der Waals surface area contributed by atoms with Gasteiger partial charge in [-0.15, -0.1) is 0 Å². The van der Waals surface area contributed by atoms with Gasteiger partial charge in [-0.25, -0.2) is 4.39 Å². The van der Waals surface area contributed by atoms with Crippen LogP contribution in [0.4, 0.5) is 4.39 Å². The summed E-state index contributed by atoms with van der Waals surface area (Å²) in [6, 6.07) is 4.86. The third-order valence-electron chi connectivity index (χ3n) is 4.46. The van der Waals surface area contributed by atoms with Crippen molar-refractivity contribution in [3.8, 4) is 0 Å². The Balaban J connectivity index is 1.99. The molecular formula is C15H22FN3O2. The molecule has 5 nitrogen and oxygen atoms in total. The molecule has 1 aromatic carbocycles. The first-order valence-corrected chi connectivity index (χ1v) is 6.92. The largest absolute Gasteiger partial charge is 0.409 e. The topological polar surface area (TPSA) is 79.9 Å². The summed E-state index contributed by atoms with van der Waals surface area (Å²) in [5, 5.41) is 14.8. The molecule has 1 saturated carbocycles. The molecule has 0 bridgehead atoms. The minimum Gasteiger partial charge on any atom is -0.409 e. The third-order valence-corrected chi connectivity index (χ3v) is 4.46. The van der Waals surface area contributed by atoms with Gasteiger partial charge in [0, 0.05) is 36.2 Å². The van der Waals surface area contributed by atoms with Crippen LogP contribution in [0.2, 0.25) is 0 Å². The summed E-state index contributed by atoms with van der Waals surface area (Å²) in [6.07, 6.45) is 1.16. The molecule has 0 aliphatic heterocycles. The smallest absolute Gasteiger partial charge is 0.170 e. The fourth-order valence-electron chi connectivity index (χ4n) is 2.77. The first-order valence-electron chi connectivity index (χ1n) is 6.92. The predicted octanol–water partition coefficient (Wildman–Crippen LogP) is 1.82. The van der Waals surface area contributed by atoms with Crippen molar-refractivity contribution in [1.82, 2.24) is 5.32 Å². The molecule has 2 unspecified atom stereocenters. The molecule has 2 atom stereocenters. The van der Waals surface area contributed by atoms with E-state index < -0.39 is 0 Å². The van der Waals surface area contributed by atoms with Gasteiger partial charge in [-0.2, -0.15) is 0 Å². The van der Waals surface area contributed by atoms with Crippen molar-refractivity contribution in [2.45, 2.75) is 39.0 Å². The van der Waals surface area contributed by atoms with E-state index in [1.54, 1.807) is 19.2 Å². The summed E-state index contributed by atoms with van der Waals surface area (Å²) in [5.41, 5.74) is 6.40. The van der Waals surface area contributed by atoms with Crippen molar-refractivity contribution in [2.75, 3.05) is 7.11 Å². The maximum atomic E-state index is 14.0. The lowest BCUT2D eigenvalue weighted by molar-refractivity contribution is -0.0979. The number of methoxy groups -OCH3 is 1. The first-order chi connectivity index (χ1) is 9.90. The van der Waals surface area contributed by atoms with Gasteiger partial charge in [0.2, 0.25) is 0 Å². The van der Waals surface area contributed by atoms with Crippen molar-refractivity contribution in [3.05, 3.63) is 35.1 Å². The summed E-state index contributed by atoms with van der Waals surface area (Å²) >= 11 is 0. The highest BCUT2D eigenvalue weighted by atomic mass is 19.1. The first kappa shape index (κ1) is 15.7.